The Kier molecular flexibility index (Phi) is 5.23. The molecule has 2 heterocycles. The lowest BCUT2D eigenvalue weighted by Gasteiger charge is -2.14. The number of nitrogens with zero attached hydrogens (tertiary/aromatic N) is 3. The lowest BCUT2D eigenvalue weighted by Crippen LogP contribution is -2.15. The first-order chi connectivity index (χ1) is 14.3. The molecule has 0 bridgehead atoms. The van der Waals surface area contributed by atoms with Crippen LogP contribution in [0, 0.1) is 13.8 Å². The van der Waals surface area contributed by atoms with E-state index in [1.54, 1.807) is 11.3 Å². The van der Waals surface area contributed by atoms with Crippen LogP contribution in [0.25, 0.3) is 22.0 Å². The first-order valence-electron chi connectivity index (χ1n) is 10.5. The second kappa shape index (κ2) is 7.71. The molecule has 1 aliphatic rings. The highest BCUT2D eigenvalue weighted by Gasteiger charge is 2.26. The van der Waals surface area contributed by atoms with Gasteiger partial charge in [0.2, 0.25) is 0 Å². The quantitative estimate of drug-likeness (QED) is 0.419. The second-order valence-corrected chi connectivity index (χ2v) is 8.00. The fourth-order valence-electron chi connectivity index (χ4n) is 4.44. The molecule has 5 heteroatoms. The third-order valence-electron chi connectivity index (χ3n) is 6.17. The molecule has 0 amide bonds. The maximum Gasteiger partial charge on any atom is 0.463 e. The van der Waals surface area contributed by atoms with Gasteiger partial charge < -0.3 is 8.79 Å². The van der Waals surface area contributed by atoms with Gasteiger partial charge in [0.05, 0.1) is 0 Å². The number of halogens is 1. The van der Waals surface area contributed by atoms with Crippen LogP contribution in [0.3, 0.4) is 0 Å². The van der Waals surface area contributed by atoms with Crippen molar-refractivity contribution in [3.05, 3.63) is 64.7 Å². The lowest BCUT2D eigenvalue weighted by atomic mass is 9.89. The molecule has 0 saturated heterocycles. The van der Waals surface area contributed by atoms with Crippen molar-refractivity contribution in [3.8, 4) is 11.3 Å². The Labute approximate surface area is 178 Å². The molecule has 2 aromatic carbocycles. The van der Waals surface area contributed by atoms with Gasteiger partial charge in [-0.2, -0.15) is 0 Å². The van der Waals surface area contributed by atoms with Crippen LogP contribution in [0.5, 0.6) is 0 Å². The summed E-state index contributed by atoms with van der Waals surface area (Å²) in [4.78, 5) is 9.62. The molecule has 0 unspecified atom stereocenters. The minimum atomic E-state index is -1.23. The molecule has 0 saturated carbocycles. The van der Waals surface area contributed by atoms with Crippen LogP contribution >= 0.6 is 0 Å². The standard InChI is InChI=1S/C25H27BFN3/c1-7-19-17(4)24(28-18(19)5)29-25-22-13-9-8-12-21(22)23(30(25)26(6)27)20-14-10-11-15(2)16(20)3/h8-14H,7H2,1-6H3/b29-24-. The molecule has 3 aromatic rings. The first-order valence-corrected chi connectivity index (χ1v) is 10.5. The van der Waals surface area contributed by atoms with Crippen molar-refractivity contribution in [2.75, 3.05) is 0 Å². The topological polar surface area (TPSA) is 29.6 Å². The molecule has 0 radical (unpaired) electrons. The van der Waals surface area contributed by atoms with Crippen molar-refractivity contribution in [1.82, 2.24) is 4.48 Å². The summed E-state index contributed by atoms with van der Waals surface area (Å²) in [5.74, 6) is 1.31. The molecule has 0 N–H and O–H groups in total. The van der Waals surface area contributed by atoms with E-state index >= 15 is 4.32 Å². The number of amidine groups is 1. The fourth-order valence-corrected chi connectivity index (χ4v) is 4.44. The van der Waals surface area contributed by atoms with Crippen molar-refractivity contribution < 1.29 is 4.32 Å². The molecule has 0 fully saturated rings. The normalized spacial score (nSPS) is 15.4. The van der Waals surface area contributed by atoms with Gasteiger partial charge in [-0.05, 0) is 63.2 Å². The summed E-state index contributed by atoms with van der Waals surface area (Å²) >= 11 is 0. The van der Waals surface area contributed by atoms with Gasteiger partial charge in [-0.25, -0.2) is 9.98 Å². The van der Waals surface area contributed by atoms with Gasteiger partial charge in [-0.15, -0.1) is 0 Å². The minimum absolute atomic E-state index is 0.625. The van der Waals surface area contributed by atoms with Crippen molar-refractivity contribution in [2.45, 2.75) is 47.9 Å². The number of aryl methyl sites for hydroxylation is 1. The van der Waals surface area contributed by atoms with Gasteiger partial charge in [-0.1, -0.05) is 49.4 Å². The van der Waals surface area contributed by atoms with Crippen LogP contribution in [-0.2, 0) is 0 Å². The molecule has 1 aromatic heterocycles. The summed E-state index contributed by atoms with van der Waals surface area (Å²) in [5.41, 5.74) is 7.55. The second-order valence-electron chi connectivity index (χ2n) is 8.00. The molecule has 152 valence electrons. The van der Waals surface area contributed by atoms with E-state index in [-0.39, 0.29) is 0 Å². The van der Waals surface area contributed by atoms with Crippen LogP contribution in [0.15, 0.2) is 63.6 Å². The maximum absolute atomic E-state index is 15.1. The number of hydrogen-bond acceptors (Lipinski definition) is 1. The molecular weight excluding hydrogens is 372 g/mol. The van der Waals surface area contributed by atoms with E-state index in [0.29, 0.717) is 11.7 Å². The van der Waals surface area contributed by atoms with Gasteiger partial charge >= 0.3 is 7.12 Å². The third-order valence-corrected chi connectivity index (χ3v) is 6.17. The monoisotopic (exact) mass is 399 g/mol. The zero-order chi connectivity index (χ0) is 21.6. The zero-order valence-electron chi connectivity index (χ0n) is 18.5. The van der Waals surface area contributed by atoms with Crippen molar-refractivity contribution in [2.24, 2.45) is 9.98 Å². The van der Waals surface area contributed by atoms with Gasteiger partial charge in [-0.3, -0.25) is 0 Å². The van der Waals surface area contributed by atoms with Crippen LogP contribution < -0.4 is 0 Å². The number of rotatable bonds is 4. The van der Waals surface area contributed by atoms with E-state index < -0.39 is 7.12 Å². The lowest BCUT2D eigenvalue weighted by molar-refractivity contribution is 0.802. The number of allylic oxidation sites excluding steroid dienone is 1. The Hall–Kier alpha value is -2.95. The Morgan fingerprint density at radius 2 is 1.70 bits per heavy atom. The number of hydrogen-bond donors (Lipinski definition) is 0. The van der Waals surface area contributed by atoms with Gasteiger partial charge in [0, 0.05) is 27.7 Å². The number of fused-ring (bicyclic) bond motifs is 1. The number of aromatic nitrogens is 1. The fraction of sp³-hybridized carbons (Fsp3) is 0.280. The third kappa shape index (κ3) is 3.13. The predicted molar refractivity (Wildman–Crippen MR) is 128 cm³/mol. The van der Waals surface area contributed by atoms with Crippen molar-refractivity contribution in [1.29, 1.82) is 0 Å². The van der Waals surface area contributed by atoms with E-state index in [0.717, 1.165) is 45.3 Å². The zero-order valence-corrected chi connectivity index (χ0v) is 18.5. The van der Waals surface area contributed by atoms with E-state index in [2.05, 4.69) is 45.9 Å². The summed E-state index contributed by atoms with van der Waals surface area (Å²) in [7, 11) is -1.23. The van der Waals surface area contributed by atoms with E-state index in [4.69, 9.17) is 9.98 Å². The minimum Gasteiger partial charge on any atom is -0.340 e. The Bertz CT molecular complexity index is 1240. The molecule has 3 nitrogen and oxygen atoms in total. The van der Waals surface area contributed by atoms with Crippen LogP contribution in [-0.4, -0.2) is 23.2 Å². The average Bonchev–Trinajstić information content (AvgIpc) is 3.18. The summed E-state index contributed by atoms with van der Waals surface area (Å²) in [5, 5.41) is 1.95. The van der Waals surface area contributed by atoms with Crippen molar-refractivity contribution >= 4 is 35.3 Å². The maximum atomic E-state index is 15.1. The molecule has 1 aliphatic heterocycles. The highest BCUT2D eigenvalue weighted by molar-refractivity contribution is 6.50. The Morgan fingerprint density at radius 1 is 1.00 bits per heavy atom. The number of aliphatic imine (C=N–C) groups is 2. The van der Waals surface area contributed by atoms with Gasteiger partial charge in [0.25, 0.3) is 0 Å². The van der Waals surface area contributed by atoms with Crippen molar-refractivity contribution in [3.63, 3.8) is 0 Å². The summed E-state index contributed by atoms with van der Waals surface area (Å²) in [6, 6.07) is 14.2. The molecule has 0 aliphatic carbocycles. The average molecular weight is 399 g/mol. The molecular formula is C25H27BFN3. The van der Waals surface area contributed by atoms with Gasteiger partial charge in [0.15, 0.2) is 5.84 Å². The van der Waals surface area contributed by atoms with Gasteiger partial charge in [0.1, 0.15) is 5.82 Å². The predicted octanol–water partition coefficient (Wildman–Crippen LogP) is 7.09. The SMILES string of the molecule is CCC1=C(C)/C(=N/c2c3ccccc3c(-c3cccc(C)c3C)n2B(C)F)N=C1C. The van der Waals surface area contributed by atoms with E-state index in [1.165, 1.54) is 11.1 Å². The molecule has 0 atom stereocenters. The highest BCUT2D eigenvalue weighted by atomic mass is 19.1. The summed E-state index contributed by atoms with van der Waals surface area (Å²) in [6.07, 6.45) is 0.912. The Morgan fingerprint density at radius 3 is 2.33 bits per heavy atom. The Balaban J connectivity index is 2.08. The first kappa shape index (κ1) is 20.3. The molecule has 0 spiro atoms. The molecule has 30 heavy (non-hydrogen) atoms. The van der Waals surface area contributed by atoms with Crippen LogP contribution in [0.1, 0.15) is 38.3 Å². The van der Waals surface area contributed by atoms with Crippen LogP contribution in [0.4, 0.5) is 10.1 Å². The number of benzene rings is 2. The highest BCUT2D eigenvalue weighted by Crippen LogP contribution is 2.41. The summed E-state index contributed by atoms with van der Waals surface area (Å²) in [6.45, 7) is 11.9. The van der Waals surface area contributed by atoms with Crippen LogP contribution in [0.2, 0.25) is 6.82 Å². The smallest absolute Gasteiger partial charge is 0.340 e. The molecule has 4 rings (SSSR count). The largest absolute Gasteiger partial charge is 0.463 e. The van der Waals surface area contributed by atoms with E-state index in [9.17, 15) is 0 Å². The summed E-state index contributed by atoms with van der Waals surface area (Å²) < 4.78 is 16.9. The van der Waals surface area contributed by atoms with E-state index in [1.807, 2.05) is 31.2 Å².